The van der Waals surface area contributed by atoms with Crippen LogP contribution in [0.2, 0.25) is 0 Å². The van der Waals surface area contributed by atoms with Crippen molar-refractivity contribution in [2.75, 3.05) is 47.5 Å². The fourth-order valence-corrected chi connectivity index (χ4v) is 2.92. The van der Waals surface area contributed by atoms with Gasteiger partial charge in [0.1, 0.15) is 5.60 Å². The standard InChI is InChI=1S/C17H27N3O3/c1-14-10-18-6-5-15(14)11-20-7-8-23-17(12-20,13-22-4)9-16(21)19(2)3/h5-6,10H,7-9,11-13H2,1-4H3/t17-/m0/s1. The minimum atomic E-state index is -0.574. The highest BCUT2D eigenvalue weighted by Gasteiger charge is 2.39. The van der Waals surface area contributed by atoms with Gasteiger partial charge < -0.3 is 14.4 Å². The molecule has 1 fully saturated rings. The van der Waals surface area contributed by atoms with Crippen LogP contribution in [-0.4, -0.2) is 73.8 Å². The molecule has 128 valence electrons. The van der Waals surface area contributed by atoms with Gasteiger partial charge in [-0.25, -0.2) is 0 Å². The summed E-state index contributed by atoms with van der Waals surface area (Å²) in [6, 6.07) is 2.05. The van der Waals surface area contributed by atoms with Crippen molar-refractivity contribution in [1.29, 1.82) is 0 Å². The molecule has 23 heavy (non-hydrogen) atoms. The van der Waals surface area contributed by atoms with Crippen LogP contribution >= 0.6 is 0 Å². The Balaban J connectivity index is 2.09. The number of hydrogen-bond acceptors (Lipinski definition) is 5. The molecule has 0 bridgehead atoms. The summed E-state index contributed by atoms with van der Waals surface area (Å²) in [5.41, 5.74) is 1.86. The Morgan fingerprint density at radius 3 is 2.96 bits per heavy atom. The zero-order valence-electron chi connectivity index (χ0n) is 14.5. The van der Waals surface area contributed by atoms with E-state index in [1.165, 1.54) is 11.1 Å². The third-order valence-corrected chi connectivity index (χ3v) is 4.24. The predicted octanol–water partition coefficient (Wildman–Crippen LogP) is 1.09. The molecule has 0 saturated carbocycles. The predicted molar refractivity (Wildman–Crippen MR) is 88.1 cm³/mol. The van der Waals surface area contributed by atoms with E-state index < -0.39 is 5.60 Å². The first-order valence-electron chi connectivity index (χ1n) is 7.91. The lowest BCUT2D eigenvalue weighted by molar-refractivity contribution is -0.160. The van der Waals surface area contributed by atoms with Crippen molar-refractivity contribution in [3.05, 3.63) is 29.6 Å². The van der Waals surface area contributed by atoms with E-state index in [2.05, 4.69) is 16.8 Å². The number of aryl methyl sites for hydroxylation is 1. The van der Waals surface area contributed by atoms with E-state index in [0.717, 1.165) is 13.1 Å². The number of pyridine rings is 1. The van der Waals surface area contributed by atoms with Crippen molar-refractivity contribution >= 4 is 5.91 Å². The van der Waals surface area contributed by atoms with Crippen molar-refractivity contribution in [1.82, 2.24) is 14.8 Å². The molecule has 6 nitrogen and oxygen atoms in total. The second kappa shape index (κ2) is 7.86. The highest BCUT2D eigenvalue weighted by Crippen LogP contribution is 2.25. The van der Waals surface area contributed by atoms with Crippen molar-refractivity contribution in [3.8, 4) is 0 Å². The minimum Gasteiger partial charge on any atom is -0.382 e. The van der Waals surface area contributed by atoms with Crippen LogP contribution in [0.3, 0.4) is 0 Å². The van der Waals surface area contributed by atoms with Crippen LogP contribution in [0, 0.1) is 6.92 Å². The lowest BCUT2D eigenvalue weighted by Crippen LogP contribution is -2.55. The average Bonchev–Trinajstić information content (AvgIpc) is 2.50. The zero-order chi connectivity index (χ0) is 16.9. The van der Waals surface area contributed by atoms with Gasteiger partial charge >= 0.3 is 0 Å². The number of ether oxygens (including phenoxy) is 2. The Bertz CT molecular complexity index is 532. The maximum atomic E-state index is 12.2. The summed E-state index contributed by atoms with van der Waals surface area (Å²) < 4.78 is 11.4. The van der Waals surface area contributed by atoms with E-state index >= 15 is 0 Å². The Hall–Kier alpha value is -1.50. The molecular weight excluding hydrogens is 294 g/mol. The summed E-state index contributed by atoms with van der Waals surface area (Å²) in [4.78, 5) is 20.2. The molecule has 2 rings (SSSR count). The van der Waals surface area contributed by atoms with Gasteiger partial charge in [-0.3, -0.25) is 14.7 Å². The molecule has 1 aromatic rings. The summed E-state index contributed by atoms with van der Waals surface area (Å²) >= 11 is 0. The van der Waals surface area contributed by atoms with Crippen LogP contribution in [0.15, 0.2) is 18.5 Å². The second-order valence-electron chi connectivity index (χ2n) is 6.44. The van der Waals surface area contributed by atoms with Gasteiger partial charge in [0.25, 0.3) is 0 Å². The largest absolute Gasteiger partial charge is 0.382 e. The summed E-state index contributed by atoms with van der Waals surface area (Å²) in [5, 5.41) is 0. The molecule has 0 aromatic carbocycles. The fourth-order valence-electron chi connectivity index (χ4n) is 2.92. The van der Waals surface area contributed by atoms with E-state index in [4.69, 9.17) is 9.47 Å². The average molecular weight is 321 g/mol. The van der Waals surface area contributed by atoms with Gasteiger partial charge in [0, 0.05) is 53.2 Å². The summed E-state index contributed by atoms with van der Waals surface area (Å²) in [6.45, 7) is 5.46. The van der Waals surface area contributed by atoms with E-state index in [1.54, 1.807) is 26.1 Å². The second-order valence-corrected chi connectivity index (χ2v) is 6.44. The quantitative estimate of drug-likeness (QED) is 0.785. The van der Waals surface area contributed by atoms with Crippen molar-refractivity contribution in [2.24, 2.45) is 0 Å². The SMILES string of the molecule is COC[C@]1(CC(=O)N(C)C)CN(Cc2ccncc2C)CCO1. The Kier molecular flexibility index (Phi) is 6.10. The molecule has 0 spiro atoms. The van der Waals surface area contributed by atoms with Gasteiger partial charge in [0.15, 0.2) is 0 Å². The molecule has 1 aliphatic heterocycles. The first-order chi connectivity index (χ1) is 11.0. The zero-order valence-corrected chi connectivity index (χ0v) is 14.5. The number of rotatable bonds is 6. The normalized spacial score (nSPS) is 22.1. The first-order valence-corrected chi connectivity index (χ1v) is 7.91. The third-order valence-electron chi connectivity index (χ3n) is 4.24. The van der Waals surface area contributed by atoms with E-state index in [0.29, 0.717) is 26.2 Å². The van der Waals surface area contributed by atoms with Gasteiger partial charge in [-0.15, -0.1) is 0 Å². The number of morpholine rings is 1. The number of hydrogen-bond donors (Lipinski definition) is 0. The first kappa shape index (κ1) is 17.8. The smallest absolute Gasteiger partial charge is 0.225 e. The van der Waals surface area contributed by atoms with Crippen LogP contribution < -0.4 is 0 Å². The topological polar surface area (TPSA) is 54.9 Å². The summed E-state index contributed by atoms with van der Waals surface area (Å²) in [7, 11) is 5.19. The molecule has 1 aliphatic rings. The number of carbonyl (C=O) groups is 1. The number of methoxy groups -OCH3 is 1. The molecule has 1 aromatic heterocycles. The molecule has 0 unspecified atom stereocenters. The van der Waals surface area contributed by atoms with Crippen LogP contribution in [0.1, 0.15) is 17.5 Å². The van der Waals surface area contributed by atoms with Crippen molar-refractivity contribution in [2.45, 2.75) is 25.5 Å². The maximum Gasteiger partial charge on any atom is 0.225 e. The molecule has 6 heteroatoms. The fraction of sp³-hybridized carbons (Fsp3) is 0.647. The minimum absolute atomic E-state index is 0.0593. The molecule has 2 heterocycles. The Labute approximate surface area is 138 Å². The van der Waals surface area contributed by atoms with Crippen LogP contribution in [0.5, 0.6) is 0 Å². The van der Waals surface area contributed by atoms with E-state index in [9.17, 15) is 4.79 Å². The number of amides is 1. The van der Waals surface area contributed by atoms with E-state index in [-0.39, 0.29) is 5.91 Å². The molecule has 0 N–H and O–H groups in total. The van der Waals surface area contributed by atoms with Gasteiger partial charge in [-0.1, -0.05) is 0 Å². The van der Waals surface area contributed by atoms with Gasteiger partial charge in [-0.2, -0.15) is 0 Å². The molecular formula is C17H27N3O3. The number of aromatic nitrogens is 1. The number of nitrogens with zero attached hydrogens (tertiary/aromatic N) is 3. The molecule has 1 saturated heterocycles. The summed E-state index contributed by atoms with van der Waals surface area (Å²) in [6.07, 6.45) is 4.04. The van der Waals surface area contributed by atoms with Gasteiger partial charge in [0.05, 0.1) is 19.6 Å². The lowest BCUT2D eigenvalue weighted by atomic mass is 9.96. The van der Waals surface area contributed by atoms with E-state index in [1.807, 2.05) is 18.5 Å². The highest BCUT2D eigenvalue weighted by atomic mass is 16.5. The number of carbonyl (C=O) groups excluding carboxylic acids is 1. The molecule has 1 amide bonds. The summed E-state index contributed by atoms with van der Waals surface area (Å²) in [5.74, 6) is 0.0593. The molecule has 0 aliphatic carbocycles. The van der Waals surface area contributed by atoms with Crippen LogP contribution in [0.4, 0.5) is 0 Å². The highest BCUT2D eigenvalue weighted by molar-refractivity contribution is 5.76. The van der Waals surface area contributed by atoms with Crippen molar-refractivity contribution < 1.29 is 14.3 Å². The maximum absolute atomic E-state index is 12.2. The van der Waals surface area contributed by atoms with Crippen LogP contribution in [0.25, 0.3) is 0 Å². The van der Waals surface area contributed by atoms with Crippen molar-refractivity contribution in [3.63, 3.8) is 0 Å². The molecule has 1 atom stereocenters. The molecule has 0 radical (unpaired) electrons. The monoisotopic (exact) mass is 321 g/mol. The Morgan fingerprint density at radius 1 is 1.52 bits per heavy atom. The van der Waals surface area contributed by atoms with Gasteiger partial charge in [-0.05, 0) is 24.1 Å². The lowest BCUT2D eigenvalue weighted by Gasteiger charge is -2.42. The Morgan fingerprint density at radius 2 is 2.30 bits per heavy atom. The van der Waals surface area contributed by atoms with Gasteiger partial charge in [0.2, 0.25) is 5.91 Å². The van der Waals surface area contributed by atoms with Crippen LogP contribution in [-0.2, 0) is 20.8 Å². The third kappa shape index (κ3) is 4.73.